The highest BCUT2D eigenvalue weighted by atomic mass is 32.2. The van der Waals surface area contributed by atoms with Gasteiger partial charge in [-0.25, -0.2) is 21.6 Å². The predicted octanol–water partition coefficient (Wildman–Crippen LogP) is 3.54. The van der Waals surface area contributed by atoms with E-state index in [1.807, 2.05) is 0 Å². The number of benzene rings is 2. The summed E-state index contributed by atoms with van der Waals surface area (Å²) in [5.74, 6) is -2.32. The van der Waals surface area contributed by atoms with E-state index in [2.05, 4.69) is 0 Å². The second-order valence-corrected chi connectivity index (χ2v) is 9.93. The first-order chi connectivity index (χ1) is 13.5. The molecular formula is C16H8F6O6S2. The lowest BCUT2D eigenvalue weighted by Crippen LogP contribution is -2.31. The molecule has 1 N–H and O–H groups in total. The van der Waals surface area contributed by atoms with Crippen LogP contribution in [0.1, 0.15) is 21.5 Å². The lowest BCUT2D eigenvalue weighted by atomic mass is 10.0. The summed E-state index contributed by atoms with van der Waals surface area (Å²) in [6.45, 7) is 0. The molecule has 0 atom stereocenters. The third-order valence-electron chi connectivity index (χ3n) is 4.41. The fourth-order valence-corrected chi connectivity index (χ4v) is 5.72. The zero-order valence-corrected chi connectivity index (χ0v) is 15.8. The van der Waals surface area contributed by atoms with Gasteiger partial charge in [0, 0.05) is 0 Å². The first-order valence-electron chi connectivity index (χ1n) is 7.66. The largest absolute Gasteiger partial charge is 0.501 e. The van der Waals surface area contributed by atoms with Crippen LogP contribution in [0.15, 0.2) is 40.1 Å². The van der Waals surface area contributed by atoms with Crippen molar-refractivity contribution < 1.29 is 53.1 Å². The number of carboxylic acid groups (broad SMARTS) is 1. The van der Waals surface area contributed by atoms with Gasteiger partial charge >= 0.3 is 17.0 Å². The van der Waals surface area contributed by atoms with Crippen LogP contribution >= 0.6 is 0 Å². The van der Waals surface area contributed by atoms with Gasteiger partial charge in [0.05, 0.1) is 10.5 Å². The molecule has 2 aromatic rings. The lowest BCUT2D eigenvalue weighted by molar-refractivity contribution is -0.0457. The second kappa shape index (κ2) is 6.44. The molecule has 1 aliphatic rings. The molecule has 0 amide bonds. The minimum Gasteiger partial charge on any atom is -0.478 e. The Morgan fingerprint density at radius 1 is 0.867 bits per heavy atom. The average Bonchev–Trinajstić information content (AvgIpc) is 2.96. The van der Waals surface area contributed by atoms with E-state index in [0.717, 1.165) is 0 Å². The molecule has 0 bridgehead atoms. The Morgan fingerprint density at radius 2 is 1.40 bits per heavy atom. The minimum atomic E-state index is -6.80. The van der Waals surface area contributed by atoms with Crippen LogP contribution < -0.4 is 0 Å². The number of alkyl halides is 6. The monoisotopic (exact) mass is 474 g/mol. The molecule has 162 valence electrons. The van der Waals surface area contributed by atoms with Crippen LogP contribution in [0.5, 0.6) is 0 Å². The van der Waals surface area contributed by atoms with E-state index in [1.54, 1.807) is 0 Å². The van der Waals surface area contributed by atoms with Crippen LogP contribution in [0.25, 0.3) is 11.1 Å². The number of halogens is 6. The Balaban J connectivity index is 2.61. The summed E-state index contributed by atoms with van der Waals surface area (Å²) in [4.78, 5) is 6.98. The molecule has 0 spiro atoms. The first-order valence-corrected chi connectivity index (χ1v) is 10.6. The maximum atomic E-state index is 13.2. The van der Waals surface area contributed by atoms with Crippen LogP contribution in [-0.4, -0.2) is 38.9 Å². The molecule has 0 fully saturated rings. The number of sulfone groups is 2. The molecule has 1 aliphatic carbocycles. The van der Waals surface area contributed by atoms with Crippen LogP contribution in [0.3, 0.4) is 0 Å². The summed E-state index contributed by atoms with van der Waals surface area (Å²) in [5.41, 5.74) is -14.7. The Hall–Kier alpha value is -2.61. The van der Waals surface area contributed by atoms with E-state index in [1.165, 1.54) is 24.3 Å². The molecule has 0 aromatic heterocycles. The molecule has 14 heteroatoms. The highest BCUT2D eigenvalue weighted by Crippen LogP contribution is 2.47. The fourth-order valence-electron chi connectivity index (χ4n) is 3.16. The molecule has 0 heterocycles. The predicted molar refractivity (Wildman–Crippen MR) is 88.1 cm³/mol. The van der Waals surface area contributed by atoms with Crippen LogP contribution in [0, 0.1) is 0 Å². The molecule has 3 rings (SSSR count). The average molecular weight is 474 g/mol. The third-order valence-corrected chi connectivity index (χ3v) is 7.62. The molecule has 0 aliphatic heterocycles. The van der Waals surface area contributed by atoms with E-state index >= 15 is 0 Å². The van der Waals surface area contributed by atoms with E-state index in [-0.39, 0.29) is 17.2 Å². The SMILES string of the molecule is O=C(O)c1c2c(cc(S(=O)(=O)C(F)(F)F)c1S(=O)(=O)C(F)(F)F)-c1ccccc1C2. The van der Waals surface area contributed by atoms with Gasteiger partial charge in [-0.3, -0.25) is 0 Å². The molecule has 0 radical (unpaired) electrons. The number of carbonyl (C=O) groups is 1. The van der Waals surface area contributed by atoms with Crippen molar-refractivity contribution in [3.05, 3.63) is 47.0 Å². The first kappa shape index (κ1) is 22.1. The van der Waals surface area contributed by atoms with Crippen molar-refractivity contribution in [2.45, 2.75) is 27.2 Å². The zero-order chi connectivity index (χ0) is 22.9. The smallest absolute Gasteiger partial charge is 0.478 e. The zero-order valence-electron chi connectivity index (χ0n) is 14.2. The molecular weight excluding hydrogens is 466 g/mol. The quantitative estimate of drug-likeness (QED) is 0.583. The molecule has 2 aromatic carbocycles. The Morgan fingerprint density at radius 3 is 1.90 bits per heavy atom. The maximum absolute atomic E-state index is 13.2. The van der Waals surface area contributed by atoms with Crippen molar-refractivity contribution in [2.75, 3.05) is 0 Å². The Bertz CT molecular complexity index is 1290. The van der Waals surface area contributed by atoms with Crippen molar-refractivity contribution >= 4 is 25.6 Å². The minimum absolute atomic E-state index is 0.0737. The molecule has 0 saturated carbocycles. The lowest BCUT2D eigenvalue weighted by Gasteiger charge is -2.19. The number of aromatic carboxylic acids is 1. The normalized spacial score (nSPS) is 14.3. The van der Waals surface area contributed by atoms with Gasteiger partial charge in [0.2, 0.25) is 0 Å². The van der Waals surface area contributed by atoms with Gasteiger partial charge in [0.1, 0.15) is 4.90 Å². The van der Waals surface area contributed by atoms with Crippen molar-refractivity contribution in [3.63, 3.8) is 0 Å². The van der Waals surface area contributed by atoms with E-state index in [0.29, 0.717) is 0 Å². The maximum Gasteiger partial charge on any atom is 0.501 e. The summed E-state index contributed by atoms with van der Waals surface area (Å²) in [6, 6.07) is 5.64. The van der Waals surface area contributed by atoms with Gasteiger partial charge < -0.3 is 5.11 Å². The van der Waals surface area contributed by atoms with Gasteiger partial charge in [0.25, 0.3) is 19.7 Å². The van der Waals surface area contributed by atoms with Crippen LogP contribution in [-0.2, 0) is 26.1 Å². The van der Waals surface area contributed by atoms with Crippen molar-refractivity contribution in [3.8, 4) is 11.1 Å². The van der Waals surface area contributed by atoms with Crippen LogP contribution in [0.4, 0.5) is 26.3 Å². The van der Waals surface area contributed by atoms with Crippen LogP contribution in [0.2, 0.25) is 0 Å². The van der Waals surface area contributed by atoms with Gasteiger partial charge in [0.15, 0.2) is 0 Å². The summed E-state index contributed by atoms with van der Waals surface area (Å²) in [5, 5.41) is 9.42. The Labute approximate surface area is 164 Å². The van der Waals surface area contributed by atoms with Crippen molar-refractivity contribution in [2.24, 2.45) is 0 Å². The number of fused-ring (bicyclic) bond motifs is 3. The summed E-state index contributed by atoms with van der Waals surface area (Å²) in [6.07, 6.45) is -0.417. The van der Waals surface area contributed by atoms with Gasteiger partial charge in [-0.1, -0.05) is 24.3 Å². The highest BCUT2D eigenvalue weighted by molar-refractivity contribution is 7.95. The van der Waals surface area contributed by atoms with Gasteiger partial charge in [-0.2, -0.15) is 26.3 Å². The number of rotatable bonds is 3. The third kappa shape index (κ3) is 3.05. The van der Waals surface area contributed by atoms with E-state index < -0.39 is 69.6 Å². The number of carboxylic acids is 1. The molecule has 0 unspecified atom stereocenters. The molecule has 30 heavy (non-hydrogen) atoms. The highest BCUT2D eigenvalue weighted by Gasteiger charge is 2.56. The Kier molecular flexibility index (Phi) is 4.74. The van der Waals surface area contributed by atoms with Gasteiger partial charge in [-0.05, 0) is 34.7 Å². The molecule has 0 saturated heterocycles. The second-order valence-electron chi connectivity index (χ2n) is 6.14. The van der Waals surface area contributed by atoms with Crippen molar-refractivity contribution in [1.82, 2.24) is 0 Å². The van der Waals surface area contributed by atoms with Gasteiger partial charge in [-0.15, -0.1) is 0 Å². The van der Waals surface area contributed by atoms with Crippen molar-refractivity contribution in [1.29, 1.82) is 0 Å². The molecule has 6 nitrogen and oxygen atoms in total. The summed E-state index contributed by atoms with van der Waals surface area (Å²) < 4.78 is 127. The van der Waals surface area contributed by atoms with E-state index in [4.69, 9.17) is 0 Å². The van der Waals surface area contributed by atoms with E-state index in [9.17, 15) is 53.1 Å². The summed E-state index contributed by atoms with van der Waals surface area (Å²) >= 11 is 0. The topological polar surface area (TPSA) is 106 Å². The summed E-state index contributed by atoms with van der Waals surface area (Å²) in [7, 11) is -13.5. The fraction of sp³-hybridized carbons (Fsp3) is 0.188. The standard InChI is InChI=1S/C16H8F6O6S2/c17-15(18,19)29(25,26)11-6-9-8-4-2-1-3-7(8)5-10(9)12(14(23)24)13(11)30(27,28)16(20,21)22/h1-4,6H,5H2,(H,23,24). The number of hydrogen-bond acceptors (Lipinski definition) is 5. The number of hydrogen-bond donors (Lipinski definition) is 1.